The second kappa shape index (κ2) is 6.24. The van der Waals surface area contributed by atoms with Crippen molar-refractivity contribution in [3.8, 4) is 0 Å². The first-order valence-electron chi connectivity index (χ1n) is 6.82. The lowest BCUT2D eigenvalue weighted by molar-refractivity contribution is 0.160. The molecule has 1 aromatic rings. The van der Waals surface area contributed by atoms with Gasteiger partial charge in [0.05, 0.1) is 13.6 Å². The number of hydrogen-bond acceptors (Lipinski definition) is 5. The zero-order valence-electron chi connectivity index (χ0n) is 11.6. The number of tetrazole rings is 1. The molecule has 0 saturated carbocycles. The minimum Gasteiger partial charge on any atom is -0.314 e. The van der Waals surface area contributed by atoms with Crippen LogP contribution in [0.5, 0.6) is 0 Å². The molecular weight excluding hydrogens is 228 g/mol. The molecule has 1 aromatic heterocycles. The van der Waals surface area contributed by atoms with Crippen LogP contribution in [0.25, 0.3) is 0 Å². The normalized spacial score (nSPS) is 21.7. The number of nitrogens with zero attached hydrogens (tertiary/aromatic N) is 5. The van der Waals surface area contributed by atoms with Crippen molar-refractivity contribution in [2.75, 3.05) is 19.6 Å². The van der Waals surface area contributed by atoms with Crippen molar-refractivity contribution in [3.63, 3.8) is 0 Å². The highest BCUT2D eigenvalue weighted by atomic mass is 15.6. The molecule has 1 aliphatic heterocycles. The molecule has 2 heterocycles. The SMILES string of the molecule is CC(C)NCC1CCCN(Cc2nnn(C)n2)C1. The number of piperidine rings is 1. The summed E-state index contributed by atoms with van der Waals surface area (Å²) in [7, 11) is 1.81. The van der Waals surface area contributed by atoms with E-state index in [4.69, 9.17) is 0 Å². The molecule has 2 rings (SSSR count). The van der Waals surface area contributed by atoms with E-state index in [-0.39, 0.29) is 0 Å². The Morgan fingerprint density at radius 3 is 2.94 bits per heavy atom. The van der Waals surface area contributed by atoms with Crippen molar-refractivity contribution in [1.82, 2.24) is 30.4 Å². The van der Waals surface area contributed by atoms with E-state index < -0.39 is 0 Å². The number of rotatable bonds is 5. The maximum Gasteiger partial charge on any atom is 0.188 e. The molecule has 0 radical (unpaired) electrons. The number of likely N-dealkylation sites (tertiary alicyclic amines) is 1. The van der Waals surface area contributed by atoms with Gasteiger partial charge < -0.3 is 5.32 Å². The minimum absolute atomic E-state index is 0.571. The van der Waals surface area contributed by atoms with Gasteiger partial charge in [0, 0.05) is 12.6 Å². The van der Waals surface area contributed by atoms with E-state index in [0.717, 1.165) is 37.9 Å². The molecule has 6 nitrogen and oxygen atoms in total. The number of hydrogen-bond donors (Lipinski definition) is 1. The summed E-state index contributed by atoms with van der Waals surface area (Å²) in [5.74, 6) is 1.58. The quantitative estimate of drug-likeness (QED) is 0.823. The molecule has 0 bridgehead atoms. The van der Waals surface area contributed by atoms with Gasteiger partial charge in [0.25, 0.3) is 0 Å². The molecule has 0 spiro atoms. The Morgan fingerprint density at radius 1 is 1.44 bits per heavy atom. The van der Waals surface area contributed by atoms with Gasteiger partial charge >= 0.3 is 0 Å². The smallest absolute Gasteiger partial charge is 0.188 e. The fourth-order valence-corrected chi connectivity index (χ4v) is 2.45. The van der Waals surface area contributed by atoms with Crippen LogP contribution in [0.3, 0.4) is 0 Å². The van der Waals surface area contributed by atoms with Gasteiger partial charge in [-0.2, -0.15) is 4.80 Å². The van der Waals surface area contributed by atoms with Gasteiger partial charge in [-0.1, -0.05) is 13.8 Å². The summed E-state index contributed by atoms with van der Waals surface area (Å²) < 4.78 is 0. The topological polar surface area (TPSA) is 58.9 Å². The molecule has 102 valence electrons. The molecule has 0 aliphatic carbocycles. The van der Waals surface area contributed by atoms with Crippen LogP contribution in [0.15, 0.2) is 0 Å². The van der Waals surface area contributed by atoms with E-state index in [1.807, 2.05) is 7.05 Å². The summed E-state index contributed by atoms with van der Waals surface area (Å²) >= 11 is 0. The molecule has 1 saturated heterocycles. The first-order chi connectivity index (χ1) is 8.63. The average Bonchev–Trinajstić information content (AvgIpc) is 2.73. The standard InChI is InChI=1S/C12H24N6/c1-10(2)13-7-11-5-4-6-18(8-11)9-12-14-16-17(3)15-12/h10-11,13H,4-9H2,1-3H3. The Hall–Kier alpha value is -1.01. The largest absolute Gasteiger partial charge is 0.314 e. The predicted octanol–water partition coefficient (Wildman–Crippen LogP) is 0.420. The Balaban J connectivity index is 1.79. The van der Waals surface area contributed by atoms with Crippen LogP contribution >= 0.6 is 0 Å². The summed E-state index contributed by atoms with van der Waals surface area (Å²) in [5.41, 5.74) is 0. The molecule has 18 heavy (non-hydrogen) atoms. The molecule has 6 heteroatoms. The van der Waals surface area contributed by atoms with E-state index in [1.165, 1.54) is 17.6 Å². The minimum atomic E-state index is 0.571. The van der Waals surface area contributed by atoms with E-state index in [0.29, 0.717) is 6.04 Å². The van der Waals surface area contributed by atoms with Crippen LogP contribution in [0.2, 0.25) is 0 Å². The zero-order valence-corrected chi connectivity index (χ0v) is 11.6. The molecule has 1 unspecified atom stereocenters. The van der Waals surface area contributed by atoms with Crippen molar-refractivity contribution in [3.05, 3.63) is 5.82 Å². The maximum absolute atomic E-state index is 4.24. The molecule has 0 amide bonds. The fraction of sp³-hybridized carbons (Fsp3) is 0.917. The second-order valence-corrected chi connectivity index (χ2v) is 5.50. The third-order valence-electron chi connectivity index (χ3n) is 3.33. The molecule has 1 N–H and O–H groups in total. The molecule has 1 atom stereocenters. The van der Waals surface area contributed by atoms with Gasteiger partial charge in [-0.3, -0.25) is 4.90 Å². The van der Waals surface area contributed by atoms with Gasteiger partial charge in [0.2, 0.25) is 0 Å². The van der Waals surface area contributed by atoms with Crippen LogP contribution < -0.4 is 5.32 Å². The summed E-state index contributed by atoms with van der Waals surface area (Å²) in [5, 5.41) is 15.7. The van der Waals surface area contributed by atoms with Crippen LogP contribution in [-0.4, -0.2) is 50.8 Å². The number of aryl methyl sites for hydroxylation is 1. The van der Waals surface area contributed by atoms with E-state index >= 15 is 0 Å². The van der Waals surface area contributed by atoms with Gasteiger partial charge in [-0.15, -0.1) is 10.2 Å². The lowest BCUT2D eigenvalue weighted by Crippen LogP contribution is -2.40. The molecular formula is C12H24N6. The Morgan fingerprint density at radius 2 is 2.28 bits per heavy atom. The highest BCUT2D eigenvalue weighted by Crippen LogP contribution is 2.17. The van der Waals surface area contributed by atoms with Crippen molar-refractivity contribution in [1.29, 1.82) is 0 Å². The predicted molar refractivity (Wildman–Crippen MR) is 69.9 cm³/mol. The average molecular weight is 252 g/mol. The van der Waals surface area contributed by atoms with Crippen molar-refractivity contribution < 1.29 is 0 Å². The summed E-state index contributed by atoms with van der Waals surface area (Å²) in [6.07, 6.45) is 2.59. The lowest BCUT2D eigenvalue weighted by Gasteiger charge is -2.32. The number of nitrogens with one attached hydrogen (secondary N) is 1. The Kier molecular flexibility index (Phi) is 4.66. The summed E-state index contributed by atoms with van der Waals surface area (Å²) in [4.78, 5) is 3.96. The second-order valence-electron chi connectivity index (χ2n) is 5.50. The van der Waals surface area contributed by atoms with Crippen LogP contribution in [0.4, 0.5) is 0 Å². The van der Waals surface area contributed by atoms with Gasteiger partial charge in [-0.25, -0.2) is 0 Å². The first-order valence-corrected chi connectivity index (χ1v) is 6.82. The van der Waals surface area contributed by atoms with Crippen LogP contribution in [0.1, 0.15) is 32.5 Å². The Bertz CT molecular complexity index is 361. The molecule has 1 aliphatic rings. The van der Waals surface area contributed by atoms with Gasteiger partial charge in [-0.05, 0) is 37.1 Å². The molecule has 0 aromatic carbocycles. The summed E-state index contributed by atoms with van der Waals surface area (Å²) in [6, 6.07) is 0.571. The van der Waals surface area contributed by atoms with Crippen LogP contribution in [-0.2, 0) is 13.6 Å². The zero-order chi connectivity index (χ0) is 13.0. The van der Waals surface area contributed by atoms with E-state index in [2.05, 4.69) is 39.5 Å². The van der Waals surface area contributed by atoms with E-state index in [1.54, 1.807) is 0 Å². The maximum atomic E-state index is 4.24. The van der Waals surface area contributed by atoms with Gasteiger partial charge in [0.1, 0.15) is 0 Å². The van der Waals surface area contributed by atoms with Crippen LogP contribution in [0, 0.1) is 5.92 Å². The molecule has 1 fully saturated rings. The van der Waals surface area contributed by atoms with Gasteiger partial charge in [0.15, 0.2) is 5.82 Å². The monoisotopic (exact) mass is 252 g/mol. The first kappa shape index (κ1) is 13.4. The highest BCUT2D eigenvalue weighted by molar-refractivity contribution is 4.81. The van der Waals surface area contributed by atoms with E-state index in [9.17, 15) is 0 Å². The fourth-order valence-electron chi connectivity index (χ4n) is 2.45. The summed E-state index contributed by atoms with van der Waals surface area (Å²) in [6.45, 7) is 8.62. The van der Waals surface area contributed by atoms with Crippen molar-refractivity contribution in [2.24, 2.45) is 13.0 Å². The lowest BCUT2D eigenvalue weighted by atomic mass is 9.98. The van der Waals surface area contributed by atoms with Crippen molar-refractivity contribution >= 4 is 0 Å². The number of aromatic nitrogens is 4. The third kappa shape index (κ3) is 4.03. The third-order valence-corrected chi connectivity index (χ3v) is 3.33. The Labute approximate surface area is 109 Å². The highest BCUT2D eigenvalue weighted by Gasteiger charge is 2.21. The van der Waals surface area contributed by atoms with Crippen molar-refractivity contribution in [2.45, 2.75) is 39.3 Å².